The smallest absolute Gasteiger partial charge is 0.0492 e. The highest BCUT2D eigenvalue weighted by molar-refractivity contribution is 6.18. The van der Waals surface area contributed by atoms with Gasteiger partial charge in [0.15, 0.2) is 0 Å². The summed E-state index contributed by atoms with van der Waals surface area (Å²) in [4.78, 5) is 0. The molecule has 0 radical (unpaired) electrons. The van der Waals surface area contributed by atoms with Gasteiger partial charge in [0, 0.05) is 44.3 Å². The predicted octanol–water partition coefficient (Wildman–Crippen LogP) is 2.35. The second-order valence-corrected chi connectivity index (χ2v) is 5.48. The van der Waals surface area contributed by atoms with Crippen molar-refractivity contribution < 1.29 is 0 Å². The summed E-state index contributed by atoms with van der Waals surface area (Å²) in [5, 5.41) is 7.73. The predicted molar refractivity (Wildman–Crippen MR) is 71.4 cm³/mol. The van der Waals surface area contributed by atoms with Gasteiger partial charge in [-0.25, -0.2) is 0 Å². The monoisotopic (exact) mass is 255 g/mol. The molecule has 4 heteroatoms. The lowest BCUT2D eigenvalue weighted by Crippen LogP contribution is -2.34. The number of hydrogen-bond acceptors (Lipinski definition) is 2. The molecule has 0 amide bonds. The molecule has 96 valence electrons. The Labute approximate surface area is 109 Å². The molecule has 1 aromatic rings. The van der Waals surface area contributed by atoms with E-state index < -0.39 is 0 Å². The quantitative estimate of drug-likeness (QED) is 0.625. The summed E-state index contributed by atoms with van der Waals surface area (Å²) < 4.78 is 1.94. The fourth-order valence-electron chi connectivity index (χ4n) is 2.70. The van der Waals surface area contributed by atoms with Crippen LogP contribution in [0.5, 0.6) is 0 Å². The Morgan fingerprint density at radius 2 is 2.24 bits per heavy atom. The van der Waals surface area contributed by atoms with Crippen molar-refractivity contribution in [2.75, 3.05) is 19.0 Å². The Bertz CT molecular complexity index is 342. The van der Waals surface area contributed by atoms with Crippen molar-refractivity contribution in [1.82, 2.24) is 15.1 Å². The first kappa shape index (κ1) is 12.9. The summed E-state index contributed by atoms with van der Waals surface area (Å²) in [6.07, 6.45) is 8.15. The van der Waals surface area contributed by atoms with E-state index in [1.165, 1.54) is 31.4 Å². The third kappa shape index (κ3) is 3.23. The van der Waals surface area contributed by atoms with Crippen LogP contribution in [0.3, 0.4) is 0 Å². The molecule has 1 fully saturated rings. The summed E-state index contributed by atoms with van der Waals surface area (Å²) in [5.41, 5.74) is 1.65. The first-order valence-corrected chi connectivity index (χ1v) is 7.03. The maximum atomic E-state index is 6.11. The number of halogens is 1. The van der Waals surface area contributed by atoms with Crippen LogP contribution in [-0.2, 0) is 13.5 Å². The highest BCUT2D eigenvalue weighted by atomic mass is 35.5. The van der Waals surface area contributed by atoms with E-state index in [0.717, 1.165) is 25.4 Å². The van der Waals surface area contributed by atoms with Gasteiger partial charge in [0.05, 0.1) is 0 Å². The maximum absolute atomic E-state index is 6.11. The van der Waals surface area contributed by atoms with Crippen LogP contribution in [0.15, 0.2) is 12.3 Å². The molecule has 1 saturated carbocycles. The molecule has 3 nitrogen and oxygen atoms in total. The van der Waals surface area contributed by atoms with E-state index in [1.807, 2.05) is 17.9 Å². The van der Waals surface area contributed by atoms with Crippen LogP contribution >= 0.6 is 11.6 Å². The summed E-state index contributed by atoms with van der Waals surface area (Å²) >= 11 is 6.11. The molecule has 17 heavy (non-hydrogen) atoms. The average Bonchev–Trinajstić information content (AvgIpc) is 2.95. The molecule has 1 aliphatic rings. The Hall–Kier alpha value is -0.540. The van der Waals surface area contributed by atoms with Gasteiger partial charge in [-0.2, -0.15) is 5.10 Å². The highest BCUT2D eigenvalue weighted by Crippen LogP contribution is 2.38. The van der Waals surface area contributed by atoms with Gasteiger partial charge in [-0.3, -0.25) is 4.68 Å². The molecule has 1 N–H and O–H groups in total. The number of aromatic nitrogens is 2. The van der Waals surface area contributed by atoms with Crippen LogP contribution in [-0.4, -0.2) is 28.8 Å². The first-order valence-electron chi connectivity index (χ1n) is 6.49. The normalized spacial score (nSPS) is 18.7. The van der Waals surface area contributed by atoms with E-state index in [0.29, 0.717) is 5.41 Å². The van der Waals surface area contributed by atoms with E-state index >= 15 is 0 Å². The van der Waals surface area contributed by atoms with E-state index in [1.54, 1.807) is 0 Å². The van der Waals surface area contributed by atoms with Crippen molar-refractivity contribution in [1.29, 1.82) is 0 Å². The van der Waals surface area contributed by atoms with Crippen LogP contribution in [0.2, 0.25) is 0 Å². The molecule has 0 unspecified atom stereocenters. The Morgan fingerprint density at radius 1 is 1.47 bits per heavy atom. The number of alkyl halides is 1. The van der Waals surface area contributed by atoms with Crippen molar-refractivity contribution >= 4 is 11.6 Å². The summed E-state index contributed by atoms with van der Waals surface area (Å²) in [7, 11) is 1.99. The lowest BCUT2D eigenvalue weighted by atomic mass is 9.88. The zero-order valence-electron chi connectivity index (χ0n) is 10.6. The van der Waals surface area contributed by atoms with Gasteiger partial charge in [0.25, 0.3) is 0 Å². The maximum Gasteiger partial charge on any atom is 0.0492 e. The third-order valence-electron chi connectivity index (χ3n) is 3.93. The second kappa shape index (κ2) is 5.87. The topological polar surface area (TPSA) is 29.9 Å². The number of aryl methyl sites for hydroxylation is 1. The molecule has 2 rings (SSSR count). The summed E-state index contributed by atoms with van der Waals surface area (Å²) in [6, 6.07) is 2.08. The fraction of sp³-hybridized carbons (Fsp3) is 0.769. The van der Waals surface area contributed by atoms with Gasteiger partial charge >= 0.3 is 0 Å². The van der Waals surface area contributed by atoms with Crippen LogP contribution in [0.1, 0.15) is 31.4 Å². The molecule has 1 aromatic heterocycles. The Balaban J connectivity index is 1.71. The zero-order valence-corrected chi connectivity index (χ0v) is 11.3. The summed E-state index contributed by atoms with van der Waals surface area (Å²) in [6.45, 7) is 2.08. The molecule has 0 saturated heterocycles. The van der Waals surface area contributed by atoms with Crippen molar-refractivity contribution in [3.8, 4) is 0 Å². The molecular weight excluding hydrogens is 234 g/mol. The van der Waals surface area contributed by atoms with E-state index in [9.17, 15) is 0 Å². The van der Waals surface area contributed by atoms with Crippen molar-refractivity contribution in [3.05, 3.63) is 18.0 Å². The minimum absolute atomic E-state index is 0.369. The zero-order chi connectivity index (χ0) is 12.1. The molecule has 0 spiro atoms. The van der Waals surface area contributed by atoms with Gasteiger partial charge in [-0.1, -0.05) is 12.8 Å². The third-order valence-corrected chi connectivity index (χ3v) is 4.50. The Morgan fingerprint density at radius 3 is 2.82 bits per heavy atom. The van der Waals surface area contributed by atoms with Crippen LogP contribution < -0.4 is 5.32 Å². The number of hydrogen-bond donors (Lipinski definition) is 1. The lowest BCUT2D eigenvalue weighted by molar-refractivity contribution is 0.322. The van der Waals surface area contributed by atoms with E-state index in [4.69, 9.17) is 11.6 Å². The minimum Gasteiger partial charge on any atom is -0.316 e. The van der Waals surface area contributed by atoms with Crippen molar-refractivity contribution in [2.45, 2.75) is 32.1 Å². The van der Waals surface area contributed by atoms with Gasteiger partial charge in [-0.15, -0.1) is 11.6 Å². The number of rotatable bonds is 6. The van der Waals surface area contributed by atoms with Crippen molar-refractivity contribution in [3.63, 3.8) is 0 Å². The molecular formula is C13H22ClN3. The molecule has 1 heterocycles. The molecule has 1 aliphatic carbocycles. The first-order chi connectivity index (χ1) is 8.26. The number of nitrogens with zero attached hydrogens (tertiary/aromatic N) is 2. The van der Waals surface area contributed by atoms with Gasteiger partial charge in [0.1, 0.15) is 0 Å². The second-order valence-electron chi connectivity index (χ2n) is 5.21. The fourth-order valence-corrected chi connectivity index (χ4v) is 3.06. The van der Waals surface area contributed by atoms with Crippen LogP contribution in [0, 0.1) is 5.41 Å². The van der Waals surface area contributed by atoms with Gasteiger partial charge < -0.3 is 5.32 Å². The van der Waals surface area contributed by atoms with Gasteiger partial charge in [-0.05, 0) is 24.3 Å². The van der Waals surface area contributed by atoms with Crippen LogP contribution in [0.4, 0.5) is 0 Å². The average molecular weight is 256 g/mol. The minimum atomic E-state index is 0.369. The molecule has 0 aromatic carbocycles. The van der Waals surface area contributed by atoms with Crippen molar-refractivity contribution in [2.24, 2.45) is 12.5 Å². The van der Waals surface area contributed by atoms with E-state index in [-0.39, 0.29) is 0 Å². The van der Waals surface area contributed by atoms with Gasteiger partial charge in [0.2, 0.25) is 0 Å². The number of nitrogens with one attached hydrogen (secondary N) is 1. The summed E-state index contributed by atoms with van der Waals surface area (Å²) in [5.74, 6) is 0.797. The highest BCUT2D eigenvalue weighted by Gasteiger charge is 2.32. The standard InChI is InChI=1S/C13H22ClN3/c1-17-12(5-9-16-17)4-8-15-11-13(10-14)6-2-3-7-13/h5,9,15H,2-4,6-8,10-11H2,1H3. The van der Waals surface area contributed by atoms with E-state index in [2.05, 4.69) is 16.5 Å². The Kier molecular flexibility index (Phi) is 4.46. The largest absolute Gasteiger partial charge is 0.316 e. The molecule has 0 aliphatic heterocycles. The molecule has 0 bridgehead atoms. The lowest BCUT2D eigenvalue weighted by Gasteiger charge is -2.26. The van der Waals surface area contributed by atoms with Crippen LogP contribution in [0.25, 0.3) is 0 Å². The molecule has 0 atom stereocenters. The SMILES string of the molecule is Cn1nccc1CCNCC1(CCl)CCCC1.